The van der Waals surface area contributed by atoms with Crippen molar-refractivity contribution in [2.75, 3.05) is 39.1 Å². The van der Waals surface area contributed by atoms with Crippen molar-refractivity contribution >= 4 is 17.3 Å². The van der Waals surface area contributed by atoms with Gasteiger partial charge in [-0.3, -0.25) is 14.9 Å². The molecule has 0 unspecified atom stereocenters. The molecule has 0 saturated carbocycles. The zero-order chi connectivity index (χ0) is 14.9. The number of nitrogens with one attached hydrogen (secondary N) is 1. The van der Waals surface area contributed by atoms with E-state index in [0.717, 1.165) is 13.1 Å². The molecule has 1 aromatic rings. The zero-order valence-corrected chi connectivity index (χ0v) is 11.8. The van der Waals surface area contributed by atoms with Gasteiger partial charge in [0.05, 0.1) is 11.0 Å². The number of hydrogen-bond donors (Lipinski definition) is 1. The summed E-state index contributed by atoms with van der Waals surface area (Å²) in [5.41, 5.74) is 0.828. The maximum Gasteiger partial charge on any atom is 0.293 e. The fraction of sp³-hybridized carbons (Fsp3) is 0.462. The molecule has 108 valence electrons. The Kier molecular flexibility index (Phi) is 3.89. The third-order valence-electron chi connectivity index (χ3n) is 3.51. The molecule has 1 aliphatic rings. The van der Waals surface area contributed by atoms with E-state index in [-0.39, 0.29) is 17.6 Å². The lowest BCUT2D eigenvalue weighted by Gasteiger charge is -2.36. The summed E-state index contributed by atoms with van der Waals surface area (Å²) in [6, 6.07) is 4.88. The van der Waals surface area contributed by atoms with E-state index in [1.54, 1.807) is 26.2 Å². The number of nitrogens with zero attached hydrogens (tertiary/aromatic N) is 3. The number of carbonyl (C=O) groups excluding carboxylic acids is 1. The van der Waals surface area contributed by atoms with Crippen LogP contribution in [0.5, 0.6) is 0 Å². The van der Waals surface area contributed by atoms with Crippen molar-refractivity contribution in [1.29, 1.82) is 0 Å². The minimum atomic E-state index is -0.440. The molecule has 1 amide bonds. The second kappa shape index (κ2) is 5.46. The summed E-state index contributed by atoms with van der Waals surface area (Å²) in [6.45, 7) is 1.62. The van der Waals surface area contributed by atoms with Crippen LogP contribution in [0.15, 0.2) is 18.2 Å². The van der Waals surface area contributed by atoms with Crippen molar-refractivity contribution in [3.05, 3.63) is 33.9 Å². The lowest BCUT2D eigenvalue weighted by molar-refractivity contribution is -0.384. The number of benzene rings is 1. The first kappa shape index (κ1) is 14.3. The molecule has 1 fully saturated rings. The minimum Gasteiger partial charge on any atom is -0.364 e. The highest BCUT2D eigenvalue weighted by molar-refractivity contribution is 5.95. The van der Waals surface area contributed by atoms with E-state index in [1.807, 2.05) is 11.9 Å². The predicted molar refractivity (Wildman–Crippen MR) is 76.2 cm³/mol. The quantitative estimate of drug-likeness (QED) is 0.648. The van der Waals surface area contributed by atoms with Gasteiger partial charge in [0.2, 0.25) is 0 Å². The van der Waals surface area contributed by atoms with Crippen LogP contribution >= 0.6 is 0 Å². The first-order chi connectivity index (χ1) is 9.41. The van der Waals surface area contributed by atoms with Crippen LogP contribution in [-0.4, -0.2) is 56.0 Å². The van der Waals surface area contributed by atoms with Gasteiger partial charge in [0.25, 0.3) is 11.6 Å². The summed E-state index contributed by atoms with van der Waals surface area (Å²) in [5.74, 6) is -0.243. The van der Waals surface area contributed by atoms with E-state index >= 15 is 0 Å². The summed E-state index contributed by atoms with van der Waals surface area (Å²) >= 11 is 0. The molecule has 0 aliphatic carbocycles. The van der Waals surface area contributed by atoms with Crippen LogP contribution < -0.4 is 10.2 Å². The number of nitro benzene ring substituents is 1. The normalized spacial score (nSPS) is 14.6. The van der Waals surface area contributed by atoms with Crippen molar-refractivity contribution in [2.45, 2.75) is 6.04 Å². The number of anilines is 1. The van der Waals surface area contributed by atoms with Gasteiger partial charge in [0.1, 0.15) is 5.69 Å². The molecule has 1 aromatic carbocycles. The first-order valence-electron chi connectivity index (χ1n) is 6.35. The topological polar surface area (TPSA) is 78.7 Å². The maximum atomic E-state index is 11.9. The monoisotopic (exact) mass is 278 g/mol. The molecule has 0 radical (unpaired) electrons. The Bertz CT molecular complexity index is 540. The van der Waals surface area contributed by atoms with E-state index in [2.05, 4.69) is 5.32 Å². The highest BCUT2D eigenvalue weighted by Crippen LogP contribution is 2.30. The smallest absolute Gasteiger partial charge is 0.293 e. The molecule has 0 aromatic heterocycles. The van der Waals surface area contributed by atoms with E-state index in [4.69, 9.17) is 0 Å². The third kappa shape index (κ3) is 2.57. The van der Waals surface area contributed by atoms with Crippen LogP contribution in [0.1, 0.15) is 10.4 Å². The number of amides is 1. The van der Waals surface area contributed by atoms with E-state index in [0.29, 0.717) is 11.3 Å². The van der Waals surface area contributed by atoms with Crippen LogP contribution in [0, 0.1) is 10.1 Å². The Labute approximate surface area is 117 Å². The third-order valence-corrected chi connectivity index (χ3v) is 3.51. The van der Waals surface area contributed by atoms with Crippen LogP contribution in [0.25, 0.3) is 0 Å². The van der Waals surface area contributed by atoms with Crippen molar-refractivity contribution < 1.29 is 9.72 Å². The molecular weight excluding hydrogens is 260 g/mol. The maximum absolute atomic E-state index is 11.9. The fourth-order valence-electron chi connectivity index (χ4n) is 2.10. The Hall–Kier alpha value is -2.15. The molecule has 1 aliphatic heterocycles. The average Bonchev–Trinajstić information content (AvgIpc) is 2.34. The molecule has 0 spiro atoms. The average molecular weight is 278 g/mol. The van der Waals surface area contributed by atoms with Crippen LogP contribution in [0.4, 0.5) is 11.4 Å². The van der Waals surface area contributed by atoms with E-state index in [9.17, 15) is 14.9 Å². The van der Waals surface area contributed by atoms with Crippen molar-refractivity contribution in [1.82, 2.24) is 10.2 Å². The molecule has 0 bridgehead atoms. The number of hydrogen-bond acceptors (Lipinski definition) is 5. The molecule has 20 heavy (non-hydrogen) atoms. The highest BCUT2D eigenvalue weighted by Gasteiger charge is 2.27. The van der Waals surface area contributed by atoms with Gasteiger partial charge in [0, 0.05) is 45.9 Å². The summed E-state index contributed by atoms with van der Waals surface area (Å²) < 4.78 is 0. The largest absolute Gasteiger partial charge is 0.364 e. The fourth-order valence-corrected chi connectivity index (χ4v) is 2.10. The molecule has 1 saturated heterocycles. The van der Waals surface area contributed by atoms with Crippen LogP contribution in [0.3, 0.4) is 0 Å². The molecule has 2 rings (SSSR count). The lowest BCUT2D eigenvalue weighted by Crippen LogP contribution is -2.56. The van der Waals surface area contributed by atoms with Gasteiger partial charge in [-0.05, 0) is 12.1 Å². The van der Waals surface area contributed by atoms with Gasteiger partial charge in [-0.25, -0.2) is 0 Å². The molecule has 7 heteroatoms. The first-order valence-corrected chi connectivity index (χ1v) is 6.35. The molecule has 0 atom stereocenters. The van der Waals surface area contributed by atoms with Crippen molar-refractivity contribution in [2.24, 2.45) is 0 Å². The highest BCUT2D eigenvalue weighted by atomic mass is 16.6. The molecular formula is C13H18N4O3. The second-order valence-electron chi connectivity index (χ2n) is 5.08. The minimum absolute atomic E-state index is 0.0351. The zero-order valence-electron chi connectivity index (χ0n) is 11.8. The summed E-state index contributed by atoms with van der Waals surface area (Å²) in [4.78, 5) is 26.0. The summed E-state index contributed by atoms with van der Waals surface area (Å²) in [5, 5.41) is 14.4. The molecule has 1 N–H and O–H groups in total. The Balaban J connectivity index is 2.37. The standard InChI is InChI=1S/C13H18N4O3/c1-15(2)13(18)9-4-5-11(12(6-9)17(19)20)16(3)10-7-14-8-10/h4-6,10,14H,7-8H2,1-3H3. The Morgan fingerprint density at radius 3 is 2.45 bits per heavy atom. The van der Waals surface area contributed by atoms with Gasteiger partial charge in [-0.2, -0.15) is 0 Å². The molecule has 1 heterocycles. The van der Waals surface area contributed by atoms with E-state index < -0.39 is 4.92 Å². The van der Waals surface area contributed by atoms with Gasteiger partial charge < -0.3 is 15.1 Å². The van der Waals surface area contributed by atoms with Gasteiger partial charge in [-0.15, -0.1) is 0 Å². The summed E-state index contributed by atoms with van der Waals surface area (Å²) in [6.07, 6.45) is 0. The predicted octanol–water partition coefficient (Wildman–Crippen LogP) is 0.705. The van der Waals surface area contributed by atoms with Crippen LogP contribution in [0.2, 0.25) is 0 Å². The van der Waals surface area contributed by atoms with Gasteiger partial charge in [0.15, 0.2) is 0 Å². The van der Waals surface area contributed by atoms with E-state index in [1.165, 1.54) is 11.0 Å². The summed E-state index contributed by atoms with van der Waals surface area (Å²) in [7, 11) is 5.07. The number of carbonyl (C=O) groups is 1. The number of likely N-dealkylation sites (N-methyl/N-ethyl adjacent to an activating group) is 1. The number of rotatable bonds is 4. The second-order valence-corrected chi connectivity index (χ2v) is 5.08. The van der Waals surface area contributed by atoms with Gasteiger partial charge in [-0.1, -0.05) is 0 Å². The Morgan fingerprint density at radius 1 is 1.35 bits per heavy atom. The van der Waals surface area contributed by atoms with Crippen molar-refractivity contribution in [3.8, 4) is 0 Å². The van der Waals surface area contributed by atoms with Gasteiger partial charge >= 0.3 is 0 Å². The lowest BCUT2D eigenvalue weighted by atomic mass is 10.1. The van der Waals surface area contributed by atoms with Crippen LogP contribution in [-0.2, 0) is 0 Å². The molecule has 7 nitrogen and oxygen atoms in total. The Morgan fingerprint density at radius 2 is 2.00 bits per heavy atom. The van der Waals surface area contributed by atoms with Crippen molar-refractivity contribution in [3.63, 3.8) is 0 Å². The SMILES string of the molecule is CN(C)C(=O)c1ccc(N(C)C2CNC2)c([N+](=O)[O-])c1. The number of nitro groups is 1.